The highest BCUT2D eigenvalue weighted by Gasteiger charge is 2.37. The third-order valence-corrected chi connectivity index (χ3v) is 6.99. The van der Waals surface area contributed by atoms with Crippen LogP contribution >= 0.6 is 0 Å². The Hall–Kier alpha value is -2.85. The number of hydrogen-bond acceptors (Lipinski definition) is 2. The molecule has 1 heterocycles. The Balaban J connectivity index is 1.66. The molecular weight excluding hydrogens is 366 g/mol. The quantitative estimate of drug-likeness (QED) is 0.600. The molecule has 28 heavy (non-hydrogen) atoms. The predicted octanol–water partition coefficient (Wildman–Crippen LogP) is 5.22. The van der Waals surface area contributed by atoms with Crippen LogP contribution in [-0.2, 0) is 16.4 Å². The third-order valence-electron chi connectivity index (χ3n) is 5.11. The van der Waals surface area contributed by atoms with E-state index in [2.05, 4.69) is 12.2 Å². The number of para-hydroxylation sites is 1. The van der Waals surface area contributed by atoms with E-state index < -0.39 is 10.0 Å². The van der Waals surface area contributed by atoms with Gasteiger partial charge >= 0.3 is 0 Å². The summed E-state index contributed by atoms with van der Waals surface area (Å²) in [6.45, 7) is 1.96. The first-order valence-electron chi connectivity index (χ1n) is 9.46. The van der Waals surface area contributed by atoms with E-state index in [1.807, 2.05) is 73.7 Å². The number of hydrogen-bond donors (Lipinski definition) is 0. The van der Waals surface area contributed by atoms with Gasteiger partial charge in [0, 0.05) is 0 Å². The summed E-state index contributed by atoms with van der Waals surface area (Å²) in [5.41, 5.74) is 4.03. The van der Waals surface area contributed by atoms with Crippen LogP contribution < -0.4 is 4.31 Å². The molecule has 1 aliphatic rings. The standard InChI is InChI=1S/C24H23NO2S/c1-19-14-16-23(17-15-19)28(26,27)25-22(18-21-11-5-6-13-24(21)25)12-7-10-20-8-3-2-4-9-20/h2-11,13-17,22H,12,18H2,1H3/b10-7+/t22-/m1/s1. The van der Waals surface area contributed by atoms with E-state index in [0.717, 1.165) is 28.8 Å². The molecule has 0 unspecified atom stereocenters. The monoisotopic (exact) mass is 389 g/mol. The molecule has 4 heteroatoms. The van der Waals surface area contributed by atoms with Gasteiger partial charge in [-0.2, -0.15) is 0 Å². The van der Waals surface area contributed by atoms with Crippen molar-refractivity contribution in [2.75, 3.05) is 4.31 Å². The van der Waals surface area contributed by atoms with Crippen molar-refractivity contribution < 1.29 is 8.42 Å². The number of rotatable bonds is 5. The highest BCUT2D eigenvalue weighted by molar-refractivity contribution is 7.92. The average Bonchev–Trinajstić information content (AvgIpc) is 3.08. The van der Waals surface area contributed by atoms with Crippen LogP contribution in [0.15, 0.2) is 89.8 Å². The largest absolute Gasteiger partial charge is 0.264 e. The van der Waals surface area contributed by atoms with Crippen LogP contribution in [0, 0.1) is 6.92 Å². The predicted molar refractivity (Wildman–Crippen MR) is 115 cm³/mol. The maximum atomic E-state index is 13.5. The van der Waals surface area contributed by atoms with Gasteiger partial charge in [-0.25, -0.2) is 8.42 Å². The van der Waals surface area contributed by atoms with Crippen molar-refractivity contribution in [2.45, 2.75) is 30.7 Å². The van der Waals surface area contributed by atoms with Crippen LogP contribution in [0.25, 0.3) is 6.08 Å². The zero-order valence-corrected chi connectivity index (χ0v) is 16.6. The fraction of sp³-hybridized carbons (Fsp3) is 0.167. The minimum Gasteiger partial charge on any atom is -0.262 e. The average molecular weight is 390 g/mol. The summed E-state index contributed by atoms with van der Waals surface area (Å²) in [4.78, 5) is 0.340. The van der Waals surface area contributed by atoms with Gasteiger partial charge < -0.3 is 0 Å². The van der Waals surface area contributed by atoms with Crippen LogP contribution in [0.1, 0.15) is 23.1 Å². The smallest absolute Gasteiger partial charge is 0.262 e. The summed E-state index contributed by atoms with van der Waals surface area (Å²) >= 11 is 0. The molecule has 0 spiro atoms. The second-order valence-corrected chi connectivity index (χ2v) is 8.96. The molecule has 0 aromatic heterocycles. The Labute approximate surface area is 167 Å². The molecule has 0 radical (unpaired) electrons. The molecule has 0 amide bonds. The Kier molecular flexibility index (Phi) is 5.05. The molecule has 0 N–H and O–H groups in total. The highest BCUT2D eigenvalue weighted by Crippen LogP contribution is 2.38. The van der Waals surface area contributed by atoms with Crippen LogP contribution in [0.4, 0.5) is 5.69 Å². The van der Waals surface area contributed by atoms with Gasteiger partial charge in [-0.15, -0.1) is 0 Å². The molecule has 4 rings (SSSR count). The second-order valence-electron chi connectivity index (χ2n) is 7.15. The summed E-state index contributed by atoms with van der Waals surface area (Å²) in [5, 5.41) is 0. The van der Waals surface area contributed by atoms with E-state index >= 15 is 0 Å². The zero-order valence-electron chi connectivity index (χ0n) is 15.8. The third kappa shape index (κ3) is 3.60. The normalized spacial score (nSPS) is 16.5. The van der Waals surface area contributed by atoms with Gasteiger partial charge in [0.05, 0.1) is 16.6 Å². The molecule has 3 aromatic carbocycles. The minimum atomic E-state index is -3.61. The Bertz CT molecular complexity index is 1090. The van der Waals surface area contributed by atoms with Crippen molar-refractivity contribution in [3.8, 4) is 0 Å². The first-order valence-corrected chi connectivity index (χ1v) is 10.9. The fourth-order valence-corrected chi connectivity index (χ4v) is 5.38. The molecule has 142 valence electrons. The van der Waals surface area contributed by atoms with Gasteiger partial charge in [0.1, 0.15) is 0 Å². The summed E-state index contributed by atoms with van der Waals surface area (Å²) in [7, 11) is -3.61. The Morgan fingerprint density at radius 1 is 0.929 bits per heavy atom. The van der Waals surface area contributed by atoms with Crippen molar-refractivity contribution >= 4 is 21.8 Å². The van der Waals surface area contributed by atoms with Gasteiger partial charge in [0.25, 0.3) is 10.0 Å². The van der Waals surface area contributed by atoms with Crippen LogP contribution in [-0.4, -0.2) is 14.5 Å². The molecule has 1 aliphatic heterocycles. The molecular formula is C24H23NO2S. The molecule has 0 saturated carbocycles. The summed E-state index contributed by atoms with van der Waals surface area (Å²) < 4.78 is 28.5. The lowest BCUT2D eigenvalue weighted by atomic mass is 10.1. The summed E-state index contributed by atoms with van der Waals surface area (Å²) in [6.07, 6.45) is 5.51. The van der Waals surface area contributed by atoms with E-state index in [1.54, 1.807) is 16.4 Å². The molecule has 0 fully saturated rings. The maximum absolute atomic E-state index is 13.5. The van der Waals surface area contributed by atoms with Gasteiger partial charge in [-0.1, -0.05) is 78.4 Å². The molecule has 3 nitrogen and oxygen atoms in total. The number of aryl methyl sites for hydroxylation is 1. The fourth-order valence-electron chi connectivity index (χ4n) is 3.69. The topological polar surface area (TPSA) is 37.4 Å². The number of nitrogens with zero attached hydrogens (tertiary/aromatic N) is 1. The van der Waals surface area contributed by atoms with Crippen molar-refractivity contribution in [3.05, 3.63) is 102 Å². The summed E-state index contributed by atoms with van der Waals surface area (Å²) in [6, 6.07) is 24.8. The number of sulfonamides is 1. The molecule has 0 saturated heterocycles. The first-order chi connectivity index (χ1) is 13.6. The maximum Gasteiger partial charge on any atom is 0.264 e. The Morgan fingerprint density at radius 3 is 2.36 bits per heavy atom. The van der Waals surface area contributed by atoms with Crippen LogP contribution in [0.5, 0.6) is 0 Å². The second kappa shape index (κ2) is 7.64. The lowest BCUT2D eigenvalue weighted by Gasteiger charge is -2.26. The number of fused-ring (bicyclic) bond motifs is 1. The van der Waals surface area contributed by atoms with E-state index in [1.165, 1.54) is 0 Å². The first kappa shape index (κ1) is 18.5. The van der Waals surface area contributed by atoms with Gasteiger partial charge in [-0.05, 0) is 49.1 Å². The van der Waals surface area contributed by atoms with E-state index in [-0.39, 0.29) is 6.04 Å². The van der Waals surface area contributed by atoms with Crippen molar-refractivity contribution in [1.29, 1.82) is 0 Å². The lowest BCUT2D eigenvalue weighted by molar-refractivity contribution is 0.579. The van der Waals surface area contributed by atoms with Gasteiger partial charge in [0.2, 0.25) is 0 Å². The van der Waals surface area contributed by atoms with E-state index in [9.17, 15) is 8.42 Å². The minimum absolute atomic E-state index is 0.122. The Morgan fingerprint density at radius 2 is 1.61 bits per heavy atom. The molecule has 0 aliphatic carbocycles. The summed E-state index contributed by atoms with van der Waals surface area (Å²) in [5.74, 6) is 0. The number of anilines is 1. The molecule has 1 atom stereocenters. The molecule has 3 aromatic rings. The number of benzene rings is 3. The van der Waals surface area contributed by atoms with Crippen LogP contribution in [0.2, 0.25) is 0 Å². The van der Waals surface area contributed by atoms with Crippen molar-refractivity contribution in [1.82, 2.24) is 0 Å². The SMILES string of the molecule is Cc1ccc(S(=O)(=O)N2c3ccccc3C[C@H]2C/C=C/c2ccccc2)cc1. The van der Waals surface area contributed by atoms with E-state index in [4.69, 9.17) is 0 Å². The zero-order chi connectivity index (χ0) is 19.6. The van der Waals surface area contributed by atoms with Crippen LogP contribution in [0.3, 0.4) is 0 Å². The van der Waals surface area contributed by atoms with Gasteiger partial charge in [-0.3, -0.25) is 4.31 Å². The van der Waals surface area contributed by atoms with Crippen molar-refractivity contribution in [3.63, 3.8) is 0 Å². The van der Waals surface area contributed by atoms with Crippen molar-refractivity contribution in [2.24, 2.45) is 0 Å². The van der Waals surface area contributed by atoms with Gasteiger partial charge in [0.15, 0.2) is 0 Å². The highest BCUT2D eigenvalue weighted by atomic mass is 32.2. The molecule has 0 bridgehead atoms. The van der Waals surface area contributed by atoms with E-state index in [0.29, 0.717) is 11.3 Å². The lowest BCUT2D eigenvalue weighted by Crippen LogP contribution is -2.37.